The standard InChI is InChI=1S/C9H10BrNO2/c1-5-2-7-8(13-4-12-7)3-6(5)9(10)11/h2-3,9H,4,11H2,1H3. The van der Waals surface area contributed by atoms with Crippen LogP contribution >= 0.6 is 15.9 Å². The Labute approximate surface area is 85.0 Å². The molecule has 1 aromatic rings. The molecule has 4 heteroatoms. The summed E-state index contributed by atoms with van der Waals surface area (Å²) >= 11 is 3.32. The first kappa shape index (κ1) is 8.84. The Kier molecular flexibility index (Phi) is 2.17. The van der Waals surface area contributed by atoms with Gasteiger partial charge in [0.2, 0.25) is 6.79 Å². The SMILES string of the molecule is Cc1cc2c(cc1C(N)Br)OCO2. The summed E-state index contributed by atoms with van der Waals surface area (Å²) in [6, 6.07) is 3.86. The van der Waals surface area contributed by atoms with Crippen LogP contribution in [0.15, 0.2) is 12.1 Å². The molecule has 0 saturated heterocycles. The maximum atomic E-state index is 5.73. The number of rotatable bonds is 1. The summed E-state index contributed by atoms with van der Waals surface area (Å²) in [6.45, 7) is 2.30. The second-order valence-electron chi connectivity index (χ2n) is 2.96. The average molecular weight is 244 g/mol. The maximum absolute atomic E-state index is 5.73. The average Bonchev–Trinajstić information content (AvgIpc) is 2.48. The summed E-state index contributed by atoms with van der Waals surface area (Å²) in [4.78, 5) is -0.151. The van der Waals surface area contributed by atoms with Gasteiger partial charge in [-0.3, -0.25) is 0 Å². The first-order valence-corrected chi connectivity index (χ1v) is 4.90. The fourth-order valence-electron chi connectivity index (χ4n) is 1.36. The van der Waals surface area contributed by atoms with Crippen LogP contribution in [-0.2, 0) is 0 Å². The second kappa shape index (κ2) is 3.20. The summed E-state index contributed by atoms with van der Waals surface area (Å²) in [5.74, 6) is 1.57. The smallest absolute Gasteiger partial charge is 0.231 e. The number of aryl methyl sites for hydroxylation is 1. The van der Waals surface area contributed by atoms with Gasteiger partial charge in [-0.25, -0.2) is 0 Å². The Bertz CT molecular complexity index is 339. The Morgan fingerprint density at radius 1 is 1.38 bits per heavy atom. The molecule has 0 saturated carbocycles. The van der Waals surface area contributed by atoms with E-state index in [2.05, 4.69) is 15.9 Å². The van der Waals surface area contributed by atoms with E-state index in [1.165, 1.54) is 0 Å². The van der Waals surface area contributed by atoms with Crippen LogP contribution in [-0.4, -0.2) is 6.79 Å². The van der Waals surface area contributed by atoms with Gasteiger partial charge >= 0.3 is 0 Å². The van der Waals surface area contributed by atoms with Crippen LogP contribution in [0.2, 0.25) is 0 Å². The minimum absolute atomic E-state index is 0.151. The Hall–Kier alpha value is -0.740. The highest BCUT2D eigenvalue weighted by Crippen LogP contribution is 2.36. The van der Waals surface area contributed by atoms with Crippen molar-refractivity contribution in [2.24, 2.45) is 5.73 Å². The lowest BCUT2D eigenvalue weighted by Crippen LogP contribution is -2.03. The highest BCUT2D eigenvalue weighted by atomic mass is 79.9. The van der Waals surface area contributed by atoms with Gasteiger partial charge < -0.3 is 15.2 Å². The number of nitrogens with two attached hydrogens (primary N) is 1. The van der Waals surface area contributed by atoms with Gasteiger partial charge in [0.1, 0.15) is 0 Å². The number of hydrogen-bond acceptors (Lipinski definition) is 3. The van der Waals surface area contributed by atoms with Crippen molar-refractivity contribution in [1.29, 1.82) is 0 Å². The van der Waals surface area contributed by atoms with E-state index >= 15 is 0 Å². The molecule has 0 spiro atoms. The molecular weight excluding hydrogens is 234 g/mol. The molecule has 1 aliphatic rings. The largest absolute Gasteiger partial charge is 0.454 e. The van der Waals surface area contributed by atoms with Crippen LogP contribution in [0.25, 0.3) is 0 Å². The van der Waals surface area contributed by atoms with Crippen LogP contribution in [0.5, 0.6) is 11.5 Å². The van der Waals surface area contributed by atoms with Crippen molar-refractivity contribution < 1.29 is 9.47 Å². The molecule has 1 heterocycles. The monoisotopic (exact) mass is 243 g/mol. The molecule has 1 atom stereocenters. The molecule has 2 rings (SSSR count). The normalized spacial score (nSPS) is 15.9. The van der Waals surface area contributed by atoms with Gasteiger partial charge in [0.05, 0.1) is 4.95 Å². The molecule has 2 N–H and O–H groups in total. The van der Waals surface area contributed by atoms with E-state index in [0.717, 1.165) is 22.6 Å². The van der Waals surface area contributed by atoms with Gasteiger partial charge in [0.25, 0.3) is 0 Å². The highest BCUT2D eigenvalue weighted by Gasteiger charge is 2.17. The maximum Gasteiger partial charge on any atom is 0.231 e. The lowest BCUT2D eigenvalue weighted by atomic mass is 10.1. The number of benzene rings is 1. The molecule has 1 aliphatic heterocycles. The van der Waals surface area contributed by atoms with E-state index in [4.69, 9.17) is 15.2 Å². The number of fused-ring (bicyclic) bond motifs is 1. The molecule has 0 aromatic heterocycles. The summed E-state index contributed by atoms with van der Waals surface area (Å²) < 4.78 is 10.5. The van der Waals surface area contributed by atoms with Crippen LogP contribution in [0, 0.1) is 6.92 Å². The zero-order valence-electron chi connectivity index (χ0n) is 7.21. The minimum Gasteiger partial charge on any atom is -0.454 e. The first-order valence-electron chi connectivity index (χ1n) is 3.98. The zero-order valence-corrected chi connectivity index (χ0v) is 8.80. The van der Waals surface area contributed by atoms with E-state index < -0.39 is 0 Å². The Morgan fingerprint density at radius 2 is 2.00 bits per heavy atom. The third kappa shape index (κ3) is 1.51. The molecule has 0 fully saturated rings. The quantitative estimate of drug-likeness (QED) is 0.607. The van der Waals surface area contributed by atoms with Crippen LogP contribution < -0.4 is 15.2 Å². The molecule has 3 nitrogen and oxygen atoms in total. The van der Waals surface area contributed by atoms with Gasteiger partial charge in [-0.15, -0.1) is 0 Å². The first-order chi connectivity index (χ1) is 6.18. The second-order valence-corrected chi connectivity index (χ2v) is 3.95. The lowest BCUT2D eigenvalue weighted by molar-refractivity contribution is 0.174. The van der Waals surface area contributed by atoms with Crippen molar-refractivity contribution in [3.8, 4) is 11.5 Å². The number of alkyl halides is 1. The number of halogens is 1. The Balaban J connectivity index is 2.49. The molecular formula is C9H10BrNO2. The third-order valence-electron chi connectivity index (χ3n) is 2.06. The minimum atomic E-state index is -0.151. The predicted molar refractivity (Wildman–Crippen MR) is 53.2 cm³/mol. The van der Waals surface area contributed by atoms with Gasteiger partial charge in [-0.1, -0.05) is 15.9 Å². The molecule has 1 aromatic carbocycles. The molecule has 0 amide bonds. The summed E-state index contributed by atoms with van der Waals surface area (Å²) in [6.07, 6.45) is 0. The van der Waals surface area contributed by atoms with Crippen molar-refractivity contribution in [3.05, 3.63) is 23.3 Å². The molecule has 1 unspecified atom stereocenters. The van der Waals surface area contributed by atoms with Gasteiger partial charge in [0.15, 0.2) is 11.5 Å². The van der Waals surface area contributed by atoms with Crippen molar-refractivity contribution >= 4 is 15.9 Å². The van der Waals surface area contributed by atoms with E-state index in [9.17, 15) is 0 Å². The topological polar surface area (TPSA) is 44.5 Å². The molecule has 70 valence electrons. The van der Waals surface area contributed by atoms with E-state index in [-0.39, 0.29) is 4.95 Å². The van der Waals surface area contributed by atoms with Gasteiger partial charge in [-0.2, -0.15) is 0 Å². The molecule has 0 bridgehead atoms. The van der Waals surface area contributed by atoms with Crippen LogP contribution in [0.3, 0.4) is 0 Å². The Morgan fingerprint density at radius 3 is 2.62 bits per heavy atom. The number of ether oxygens (including phenoxy) is 2. The van der Waals surface area contributed by atoms with Crippen molar-refractivity contribution in [3.63, 3.8) is 0 Å². The van der Waals surface area contributed by atoms with Crippen molar-refractivity contribution in [2.75, 3.05) is 6.79 Å². The van der Waals surface area contributed by atoms with E-state index in [1.54, 1.807) is 0 Å². The van der Waals surface area contributed by atoms with Crippen LogP contribution in [0.4, 0.5) is 0 Å². The van der Waals surface area contributed by atoms with Gasteiger partial charge in [-0.05, 0) is 30.2 Å². The van der Waals surface area contributed by atoms with Crippen molar-refractivity contribution in [2.45, 2.75) is 11.9 Å². The highest BCUT2D eigenvalue weighted by molar-refractivity contribution is 9.09. The fourth-order valence-corrected chi connectivity index (χ4v) is 1.85. The molecule has 0 radical (unpaired) electrons. The summed E-state index contributed by atoms with van der Waals surface area (Å²) in [7, 11) is 0. The summed E-state index contributed by atoms with van der Waals surface area (Å²) in [5.41, 5.74) is 7.87. The lowest BCUT2D eigenvalue weighted by Gasteiger charge is -2.08. The molecule has 13 heavy (non-hydrogen) atoms. The van der Waals surface area contributed by atoms with E-state index in [1.807, 2.05) is 19.1 Å². The van der Waals surface area contributed by atoms with Crippen LogP contribution in [0.1, 0.15) is 16.1 Å². The number of hydrogen-bond donors (Lipinski definition) is 1. The fraction of sp³-hybridized carbons (Fsp3) is 0.333. The predicted octanol–water partition coefficient (Wildman–Crippen LogP) is 2.08. The third-order valence-corrected chi connectivity index (χ3v) is 2.55. The van der Waals surface area contributed by atoms with Gasteiger partial charge in [0, 0.05) is 0 Å². The van der Waals surface area contributed by atoms with E-state index in [0.29, 0.717) is 6.79 Å². The zero-order chi connectivity index (χ0) is 9.42. The summed E-state index contributed by atoms with van der Waals surface area (Å²) in [5, 5.41) is 0. The van der Waals surface area contributed by atoms with Crippen molar-refractivity contribution in [1.82, 2.24) is 0 Å². The molecule has 0 aliphatic carbocycles.